The first-order valence-corrected chi connectivity index (χ1v) is 10.5. The molecule has 0 aliphatic carbocycles. The number of imidazole rings is 1. The van der Waals surface area contributed by atoms with Crippen molar-refractivity contribution in [3.8, 4) is 16.8 Å². The van der Waals surface area contributed by atoms with E-state index in [1.807, 2.05) is 27.5 Å². The van der Waals surface area contributed by atoms with Crippen molar-refractivity contribution in [2.24, 2.45) is 5.73 Å². The van der Waals surface area contributed by atoms with Gasteiger partial charge in [-0.1, -0.05) is 12.1 Å². The Morgan fingerprint density at radius 1 is 1.03 bits per heavy atom. The van der Waals surface area contributed by atoms with Gasteiger partial charge in [0.15, 0.2) is 0 Å². The Balaban J connectivity index is 1.69. The fourth-order valence-corrected chi connectivity index (χ4v) is 4.33. The van der Waals surface area contributed by atoms with Gasteiger partial charge in [0.05, 0.1) is 17.2 Å². The molecule has 0 atom stereocenters. The number of benzene rings is 2. The lowest BCUT2D eigenvalue weighted by Gasteiger charge is -2.09. The smallest absolute Gasteiger partial charge is 0.133 e. The van der Waals surface area contributed by atoms with Crippen LogP contribution in [0.2, 0.25) is 0 Å². The zero-order valence-electron chi connectivity index (χ0n) is 15.7. The molecule has 0 bridgehead atoms. The van der Waals surface area contributed by atoms with Crippen molar-refractivity contribution in [3.05, 3.63) is 77.1 Å². The fraction of sp³-hybridized carbons (Fsp3) is 0.130. The average molecular weight is 402 g/mol. The molecule has 5 aromatic rings. The van der Waals surface area contributed by atoms with E-state index in [0.29, 0.717) is 17.6 Å². The summed E-state index contributed by atoms with van der Waals surface area (Å²) in [4.78, 5) is 8.95. The van der Waals surface area contributed by atoms with Crippen LogP contribution in [0.3, 0.4) is 0 Å². The predicted molar refractivity (Wildman–Crippen MR) is 117 cm³/mol. The van der Waals surface area contributed by atoms with E-state index in [1.54, 1.807) is 23.9 Å². The number of hydrogen-bond acceptors (Lipinski definition) is 4. The standard InChI is InChI=1S/C23H19FN4S/c24-20-11-21-19(10-18(20)16-7-9-29-13-16)23-22(12-26-21)27-14-28(23)17-5-3-15(4-6-17)2-1-8-25/h3-7,9-14H,1-2,8,25H2. The molecule has 0 saturated heterocycles. The van der Waals surface area contributed by atoms with E-state index in [9.17, 15) is 4.39 Å². The number of pyridine rings is 1. The van der Waals surface area contributed by atoms with E-state index in [4.69, 9.17) is 5.73 Å². The van der Waals surface area contributed by atoms with Gasteiger partial charge in [-0.3, -0.25) is 9.55 Å². The molecule has 0 amide bonds. The van der Waals surface area contributed by atoms with E-state index >= 15 is 0 Å². The van der Waals surface area contributed by atoms with Crippen LogP contribution in [-0.4, -0.2) is 21.1 Å². The lowest BCUT2D eigenvalue weighted by molar-refractivity contribution is 0.633. The Morgan fingerprint density at radius 2 is 1.90 bits per heavy atom. The van der Waals surface area contributed by atoms with E-state index in [-0.39, 0.29) is 5.82 Å². The summed E-state index contributed by atoms with van der Waals surface area (Å²) >= 11 is 1.55. The van der Waals surface area contributed by atoms with Crippen LogP contribution in [0.5, 0.6) is 0 Å². The number of thiophene rings is 1. The van der Waals surface area contributed by atoms with Gasteiger partial charge >= 0.3 is 0 Å². The van der Waals surface area contributed by atoms with Gasteiger partial charge in [-0.25, -0.2) is 9.37 Å². The zero-order chi connectivity index (χ0) is 19.8. The Hall–Kier alpha value is -3.09. The van der Waals surface area contributed by atoms with Crippen molar-refractivity contribution in [1.29, 1.82) is 0 Å². The van der Waals surface area contributed by atoms with Crippen LogP contribution in [0.15, 0.2) is 65.7 Å². The molecule has 2 N–H and O–H groups in total. The van der Waals surface area contributed by atoms with Gasteiger partial charge in [-0.05, 0) is 65.5 Å². The molecule has 0 unspecified atom stereocenters. The Bertz CT molecular complexity index is 1290. The number of rotatable bonds is 5. The maximum Gasteiger partial charge on any atom is 0.133 e. The van der Waals surface area contributed by atoms with Crippen LogP contribution < -0.4 is 5.73 Å². The molecule has 3 heterocycles. The third kappa shape index (κ3) is 3.20. The SMILES string of the molecule is NCCCc1ccc(-n2cnc3cnc4cc(F)c(-c5ccsc5)cc4c32)cc1. The highest BCUT2D eigenvalue weighted by atomic mass is 32.1. The summed E-state index contributed by atoms with van der Waals surface area (Å²) in [6, 6.07) is 13.7. The largest absolute Gasteiger partial charge is 0.330 e. The third-order valence-electron chi connectivity index (χ3n) is 5.18. The molecule has 0 saturated carbocycles. The first-order valence-electron chi connectivity index (χ1n) is 9.52. The highest BCUT2D eigenvalue weighted by Crippen LogP contribution is 2.32. The number of fused-ring (bicyclic) bond motifs is 3. The molecule has 2 aromatic carbocycles. The Morgan fingerprint density at radius 3 is 2.66 bits per heavy atom. The Labute approximate surface area is 171 Å². The van der Waals surface area contributed by atoms with Crippen molar-refractivity contribution in [3.63, 3.8) is 0 Å². The molecular weight excluding hydrogens is 383 g/mol. The lowest BCUT2D eigenvalue weighted by atomic mass is 10.0. The minimum absolute atomic E-state index is 0.266. The number of aryl methyl sites for hydroxylation is 1. The van der Waals surface area contributed by atoms with Gasteiger partial charge in [0.1, 0.15) is 17.7 Å². The summed E-state index contributed by atoms with van der Waals surface area (Å²) in [6.45, 7) is 0.690. The summed E-state index contributed by atoms with van der Waals surface area (Å²) in [5, 5.41) is 4.79. The quantitative estimate of drug-likeness (QED) is 0.432. The predicted octanol–water partition coefficient (Wildman–Crippen LogP) is 5.33. The van der Waals surface area contributed by atoms with Crippen molar-refractivity contribution in [2.45, 2.75) is 12.8 Å². The molecule has 5 rings (SSSR count). The number of nitrogens with two attached hydrogens (primary N) is 1. The monoisotopic (exact) mass is 402 g/mol. The Kier molecular flexibility index (Phi) is 4.58. The molecule has 0 aliphatic rings. The van der Waals surface area contributed by atoms with Gasteiger partial charge < -0.3 is 5.73 Å². The van der Waals surface area contributed by atoms with Crippen molar-refractivity contribution < 1.29 is 4.39 Å². The van der Waals surface area contributed by atoms with E-state index in [1.165, 1.54) is 11.6 Å². The van der Waals surface area contributed by atoms with Crippen molar-refractivity contribution in [2.75, 3.05) is 6.54 Å². The minimum Gasteiger partial charge on any atom is -0.330 e. The van der Waals surface area contributed by atoms with E-state index in [2.05, 4.69) is 34.2 Å². The highest BCUT2D eigenvalue weighted by Gasteiger charge is 2.14. The van der Waals surface area contributed by atoms with Gasteiger partial charge in [-0.15, -0.1) is 0 Å². The second-order valence-corrected chi connectivity index (χ2v) is 7.81. The van der Waals surface area contributed by atoms with Crippen LogP contribution in [-0.2, 0) is 6.42 Å². The molecule has 144 valence electrons. The molecular formula is C23H19FN4S. The molecule has 3 aromatic heterocycles. The summed E-state index contributed by atoms with van der Waals surface area (Å²) in [6.07, 6.45) is 5.44. The third-order valence-corrected chi connectivity index (χ3v) is 5.86. The normalized spacial score (nSPS) is 11.5. The molecule has 0 spiro atoms. The first-order chi connectivity index (χ1) is 14.2. The summed E-state index contributed by atoms with van der Waals surface area (Å²) in [7, 11) is 0. The maximum absolute atomic E-state index is 14.7. The van der Waals surface area contributed by atoms with Gasteiger partial charge in [0.25, 0.3) is 0 Å². The summed E-state index contributed by atoms with van der Waals surface area (Å²) in [5.41, 5.74) is 11.7. The molecule has 29 heavy (non-hydrogen) atoms. The van der Waals surface area contributed by atoms with Gasteiger partial charge in [-0.2, -0.15) is 11.3 Å². The van der Waals surface area contributed by atoms with Crippen molar-refractivity contribution in [1.82, 2.24) is 14.5 Å². The summed E-state index contributed by atoms with van der Waals surface area (Å²) in [5.74, 6) is -0.266. The number of halogens is 1. The second kappa shape index (κ2) is 7.39. The maximum atomic E-state index is 14.7. The van der Waals surface area contributed by atoms with Crippen LogP contribution in [0, 0.1) is 5.82 Å². The van der Waals surface area contributed by atoms with Crippen LogP contribution in [0.25, 0.3) is 38.8 Å². The molecule has 0 radical (unpaired) electrons. The first kappa shape index (κ1) is 18.0. The topological polar surface area (TPSA) is 56.7 Å². The summed E-state index contributed by atoms with van der Waals surface area (Å²) < 4.78 is 16.8. The lowest BCUT2D eigenvalue weighted by Crippen LogP contribution is -2.00. The number of aromatic nitrogens is 3. The molecule has 0 fully saturated rings. The van der Waals surface area contributed by atoms with Crippen LogP contribution in [0.4, 0.5) is 4.39 Å². The van der Waals surface area contributed by atoms with Crippen molar-refractivity contribution >= 4 is 33.3 Å². The molecule has 4 nitrogen and oxygen atoms in total. The van der Waals surface area contributed by atoms with Crippen LogP contribution >= 0.6 is 11.3 Å². The molecule has 0 aliphatic heterocycles. The zero-order valence-corrected chi connectivity index (χ0v) is 16.5. The number of hydrogen-bond donors (Lipinski definition) is 1. The average Bonchev–Trinajstić information content (AvgIpc) is 3.42. The van der Waals surface area contributed by atoms with Gasteiger partial charge in [0, 0.05) is 22.7 Å². The van der Waals surface area contributed by atoms with Crippen LogP contribution in [0.1, 0.15) is 12.0 Å². The van der Waals surface area contributed by atoms with E-state index in [0.717, 1.165) is 40.5 Å². The minimum atomic E-state index is -0.266. The number of nitrogens with zero attached hydrogens (tertiary/aromatic N) is 3. The van der Waals surface area contributed by atoms with E-state index < -0.39 is 0 Å². The molecule has 6 heteroatoms. The fourth-order valence-electron chi connectivity index (χ4n) is 3.68. The van der Waals surface area contributed by atoms with Gasteiger partial charge in [0.2, 0.25) is 0 Å². The highest BCUT2D eigenvalue weighted by molar-refractivity contribution is 7.08. The second-order valence-electron chi connectivity index (χ2n) is 7.03.